The van der Waals surface area contributed by atoms with E-state index in [4.69, 9.17) is 28.4 Å². The van der Waals surface area contributed by atoms with Crippen molar-refractivity contribution in [2.75, 3.05) is 41.1 Å². The van der Waals surface area contributed by atoms with E-state index in [2.05, 4.69) is 0 Å². The van der Waals surface area contributed by atoms with Crippen LogP contribution in [0.5, 0.6) is 0 Å². The Labute approximate surface area is 439 Å². The van der Waals surface area contributed by atoms with E-state index >= 15 is 0 Å². The molecule has 4 rings (SSSR count). The zero-order valence-electron chi connectivity index (χ0n) is 46.0. The van der Waals surface area contributed by atoms with Gasteiger partial charge in [0.15, 0.2) is 5.78 Å². The molecule has 1 aliphatic carbocycles. The molecule has 0 spiro atoms. The molecular formula is C57H89NO16. The normalized spacial score (nSPS) is 34.8. The summed E-state index contributed by atoms with van der Waals surface area (Å²) in [7, 11) is 4.44. The van der Waals surface area contributed by atoms with Crippen molar-refractivity contribution in [3.05, 3.63) is 47.6 Å². The van der Waals surface area contributed by atoms with Crippen molar-refractivity contribution in [1.82, 2.24) is 4.90 Å². The van der Waals surface area contributed by atoms with Gasteiger partial charge in [0.2, 0.25) is 5.79 Å². The maximum atomic E-state index is 14.6. The molecule has 4 aliphatic rings. The largest absolute Gasteiger partial charge is 0.460 e. The Morgan fingerprint density at radius 2 is 1.58 bits per heavy atom. The lowest BCUT2D eigenvalue weighted by Crippen LogP contribution is -2.61. The van der Waals surface area contributed by atoms with E-state index in [-0.39, 0.29) is 42.8 Å². The molecule has 418 valence electrons. The lowest BCUT2D eigenvalue weighted by atomic mass is 9.78. The highest BCUT2D eigenvalue weighted by Gasteiger charge is 2.53. The van der Waals surface area contributed by atoms with Gasteiger partial charge in [0, 0.05) is 58.5 Å². The third-order valence-corrected chi connectivity index (χ3v) is 16.3. The predicted octanol–water partition coefficient (Wildman–Crippen LogP) is 6.11. The molecule has 3 fully saturated rings. The van der Waals surface area contributed by atoms with Crippen molar-refractivity contribution >= 4 is 35.2 Å². The third kappa shape index (κ3) is 16.1. The maximum absolute atomic E-state index is 14.6. The minimum atomic E-state index is -2.47. The van der Waals surface area contributed by atoms with Crippen LogP contribution in [0.1, 0.15) is 139 Å². The number of fused-ring (bicyclic) bond motifs is 3. The van der Waals surface area contributed by atoms with Crippen molar-refractivity contribution in [3.8, 4) is 0 Å². The van der Waals surface area contributed by atoms with E-state index in [1.807, 2.05) is 58.1 Å². The minimum absolute atomic E-state index is 0.0389. The van der Waals surface area contributed by atoms with Crippen LogP contribution >= 0.6 is 0 Å². The lowest BCUT2D eigenvalue weighted by Gasteiger charge is -2.42. The zero-order chi connectivity index (χ0) is 55.1. The zero-order valence-corrected chi connectivity index (χ0v) is 46.0. The van der Waals surface area contributed by atoms with Gasteiger partial charge >= 0.3 is 11.9 Å². The summed E-state index contributed by atoms with van der Waals surface area (Å²) < 4.78 is 35.5. The minimum Gasteiger partial charge on any atom is -0.460 e. The molecular weight excluding hydrogens is 955 g/mol. The van der Waals surface area contributed by atoms with Gasteiger partial charge in [-0.05, 0) is 120 Å². The quantitative estimate of drug-likeness (QED) is 0.104. The summed E-state index contributed by atoms with van der Waals surface area (Å²) in [6.45, 7) is 12.8. The number of ketones is 3. The summed E-state index contributed by atoms with van der Waals surface area (Å²) in [5.41, 5.74) is -0.270. The van der Waals surface area contributed by atoms with Crippen molar-refractivity contribution in [3.63, 3.8) is 0 Å². The van der Waals surface area contributed by atoms with Gasteiger partial charge in [-0.15, -0.1) is 0 Å². The number of piperidine rings is 1. The number of allylic oxidation sites excluding steroid dienone is 6. The first-order valence-corrected chi connectivity index (χ1v) is 26.9. The first-order chi connectivity index (χ1) is 35.0. The molecule has 3 aliphatic heterocycles. The van der Waals surface area contributed by atoms with Gasteiger partial charge in [-0.2, -0.15) is 0 Å². The molecule has 1 saturated carbocycles. The number of aliphatic hydroxyl groups is 4. The van der Waals surface area contributed by atoms with Crippen molar-refractivity contribution in [1.29, 1.82) is 0 Å². The van der Waals surface area contributed by atoms with Gasteiger partial charge in [0.05, 0.1) is 31.5 Å². The molecule has 15 atom stereocenters. The number of carbonyl (C=O) groups is 6. The second kappa shape index (κ2) is 29.0. The van der Waals surface area contributed by atoms with Crippen LogP contribution in [-0.4, -0.2) is 156 Å². The number of carbonyl (C=O) groups excluding carboxylic acids is 6. The van der Waals surface area contributed by atoms with Crippen molar-refractivity contribution < 1.29 is 77.6 Å². The summed E-state index contributed by atoms with van der Waals surface area (Å²) in [5.74, 6) is -9.30. The molecule has 0 aromatic carbocycles. The standard InChI is InChI=1S/C57H89NO16/c1-12-40-19-15-13-14-18-34(2)46(69-9)30-42-23-21-39(7)57(68,74-42)52(64)53(65)58-25-17-16-20-43(58)54(66)72-47(31-44(61)35(3)26-37(5)49(62)51(71-11)50(63)38(6)28-40)36(4)27-41-22-24-45(48(29-41)70-10)73-55(67)56(8,32-59)33-60/h13-15,18-19,26,35-36,38-43,45-49,51,59-60,62,68H,12,16-17,20-25,27-33H2,1-11H3/t35-,36-,38-,39-,40-,41+,42+,43+,45-,46+,47+,48-,49-,51-,57-/m1/s1. The highest BCUT2D eigenvalue weighted by molar-refractivity contribution is 6.39. The molecule has 0 unspecified atom stereocenters. The molecule has 4 N–H and O–H groups in total. The molecule has 0 aromatic rings. The van der Waals surface area contributed by atoms with Crippen LogP contribution < -0.4 is 0 Å². The van der Waals surface area contributed by atoms with Gasteiger partial charge in [-0.25, -0.2) is 4.79 Å². The Morgan fingerprint density at radius 1 is 0.878 bits per heavy atom. The number of rotatable bonds is 11. The van der Waals surface area contributed by atoms with E-state index in [0.717, 1.165) is 16.9 Å². The molecule has 0 radical (unpaired) electrons. The van der Waals surface area contributed by atoms with Gasteiger partial charge in [0.1, 0.15) is 41.7 Å². The fourth-order valence-electron chi connectivity index (χ4n) is 10.9. The van der Waals surface area contributed by atoms with E-state index in [9.17, 15) is 49.2 Å². The first kappa shape index (κ1) is 62.6. The van der Waals surface area contributed by atoms with Crippen LogP contribution in [0.4, 0.5) is 0 Å². The SMILES string of the molecule is CC[C@@H]1C=CC=CC=C(C)[C@@H](OC)C[C@@H]2CC[C@@H](C)[C@@](O)(O2)C(=O)C(=O)N2CCCC[C@H]2C(=O)O[C@H]([C@H](C)C[C@@H]2CC[C@@H](OC(=O)C(C)(CO)CO)[C@H](OC)C2)CC(=O)[C@H](C)C=C(C)[C@@H](O)[C@@H](OC)C(=O)[C@H](C)C1. The summed E-state index contributed by atoms with van der Waals surface area (Å²) in [6.07, 6.45) is 10.7. The summed E-state index contributed by atoms with van der Waals surface area (Å²) in [5, 5.41) is 43.2. The molecule has 0 aromatic heterocycles. The average molecular weight is 1040 g/mol. The van der Waals surface area contributed by atoms with Gasteiger partial charge < -0.3 is 53.7 Å². The van der Waals surface area contributed by atoms with Crippen LogP contribution in [0.15, 0.2) is 47.6 Å². The van der Waals surface area contributed by atoms with Crippen LogP contribution in [0.3, 0.4) is 0 Å². The molecule has 1 amide bonds. The second-order valence-corrected chi connectivity index (χ2v) is 22.0. The Bertz CT molecular complexity index is 2030. The van der Waals surface area contributed by atoms with Gasteiger partial charge in [-0.3, -0.25) is 24.0 Å². The molecule has 2 saturated heterocycles. The highest BCUT2D eigenvalue weighted by Crippen LogP contribution is 2.38. The number of aliphatic hydroxyl groups excluding tert-OH is 3. The second-order valence-electron chi connectivity index (χ2n) is 22.0. The number of hydrogen-bond donors (Lipinski definition) is 4. The Balaban J connectivity index is 1.70. The smallest absolute Gasteiger partial charge is 0.329 e. The summed E-state index contributed by atoms with van der Waals surface area (Å²) in [4.78, 5) is 85.6. The van der Waals surface area contributed by atoms with E-state index < -0.39 is 120 Å². The van der Waals surface area contributed by atoms with Crippen molar-refractivity contribution in [2.45, 2.75) is 193 Å². The Kier molecular flexibility index (Phi) is 24.5. The molecule has 3 heterocycles. The number of Topliss-reactive ketones (excluding diaryl/α,β-unsaturated/α-hetero) is 3. The van der Waals surface area contributed by atoms with Gasteiger partial charge in [0.25, 0.3) is 11.7 Å². The fraction of sp³-hybridized carbons (Fsp3) is 0.754. The summed E-state index contributed by atoms with van der Waals surface area (Å²) in [6, 6.07) is -1.20. The topological polar surface area (TPSA) is 242 Å². The first-order valence-electron chi connectivity index (χ1n) is 26.9. The molecule has 17 nitrogen and oxygen atoms in total. The highest BCUT2D eigenvalue weighted by atomic mass is 16.6. The fourth-order valence-corrected chi connectivity index (χ4v) is 10.9. The van der Waals surface area contributed by atoms with E-state index in [1.54, 1.807) is 34.0 Å². The van der Waals surface area contributed by atoms with Crippen LogP contribution in [0.2, 0.25) is 0 Å². The monoisotopic (exact) mass is 1040 g/mol. The Hall–Kier alpha value is -3.94. The third-order valence-electron chi connectivity index (χ3n) is 16.3. The molecule has 17 heteroatoms. The maximum Gasteiger partial charge on any atom is 0.329 e. The number of hydrogen-bond acceptors (Lipinski definition) is 16. The predicted molar refractivity (Wildman–Crippen MR) is 276 cm³/mol. The number of cyclic esters (lactones) is 1. The lowest BCUT2D eigenvalue weighted by molar-refractivity contribution is -0.265. The summed E-state index contributed by atoms with van der Waals surface area (Å²) >= 11 is 0. The van der Waals surface area contributed by atoms with Gasteiger partial charge in [-0.1, -0.05) is 71.1 Å². The van der Waals surface area contributed by atoms with E-state index in [0.29, 0.717) is 69.8 Å². The van der Waals surface area contributed by atoms with E-state index in [1.165, 1.54) is 21.1 Å². The Morgan fingerprint density at radius 3 is 2.22 bits per heavy atom. The number of esters is 2. The van der Waals surface area contributed by atoms with Crippen LogP contribution in [0, 0.1) is 40.9 Å². The van der Waals surface area contributed by atoms with Crippen LogP contribution in [0.25, 0.3) is 0 Å². The number of methoxy groups -OCH3 is 3. The average Bonchev–Trinajstić information content (AvgIpc) is 3.39. The number of ether oxygens (including phenoxy) is 6. The molecule has 74 heavy (non-hydrogen) atoms. The number of amides is 1. The number of nitrogens with zero attached hydrogens (tertiary/aromatic N) is 1. The molecule has 2 bridgehead atoms. The van der Waals surface area contributed by atoms with Crippen molar-refractivity contribution in [2.24, 2.45) is 40.9 Å². The van der Waals surface area contributed by atoms with Crippen LogP contribution in [-0.2, 0) is 57.2 Å².